The van der Waals surface area contributed by atoms with Crippen molar-refractivity contribution in [3.05, 3.63) is 46.5 Å². The lowest BCUT2D eigenvalue weighted by Gasteiger charge is -2.35. The predicted molar refractivity (Wildman–Crippen MR) is 118 cm³/mol. The van der Waals surface area contributed by atoms with Crippen LogP contribution in [0.5, 0.6) is 5.75 Å². The summed E-state index contributed by atoms with van der Waals surface area (Å²) in [6, 6.07) is 5.52. The summed E-state index contributed by atoms with van der Waals surface area (Å²) < 4.78 is 5.72. The van der Waals surface area contributed by atoms with E-state index >= 15 is 0 Å². The summed E-state index contributed by atoms with van der Waals surface area (Å²) in [5, 5.41) is 0.659. The van der Waals surface area contributed by atoms with Crippen LogP contribution in [0.1, 0.15) is 24.8 Å². The molecule has 2 saturated heterocycles. The molecular weight excluding hydrogens is 402 g/mol. The van der Waals surface area contributed by atoms with Crippen molar-refractivity contribution in [2.45, 2.75) is 19.3 Å². The van der Waals surface area contributed by atoms with Crippen LogP contribution >= 0.6 is 11.6 Å². The topological polar surface area (TPSA) is 53.1 Å². The lowest BCUT2D eigenvalue weighted by molar-refractivity contribution is -0.134. The molecule has 2 amide bonds. The lowest BCUT2D eigenvalue weighted by Crippen LogP contribution is -2.51. The van der Waals surface area contributed by atoms with Crippen LogP contribution in [0.3, 0.4) is 0 Å². The molecule has 0 bridgehead atoms. The minimum absolute atomic E-state index is 0.00482. The maximum absolute atomic E-state index is 12.6. The third kappa shape index (κ3) is 5.24. The highest BCUT2D eigenvalue weighted by atomic mass is 35.5. The van der Waals surface area contributed by atoms with E-state index in [0.717, 1.165) is 55.9 Å². The fourth-order valence-electron chi connectivity index (χ4n) is 4.11. The van der Waals surface area contributed by atoms with E-state index in [4.69, 9.17) is 16.3 Å². The van der Waals surface area contributed by atoms with E-state index in [1.807, 2.05) is 34.1 Å². The monoisotopic (exact) mass is 429 g/mol. The number of hydrogen-bond acceptors (Lipinski definition) is 4. The van der Waals surface area contributed by atoms with Gasteiger partial charge in [-0.1, -0.05) is 17.7 Å². The van der Waals surface area contributed by atoms with Gasteiger partial charge in [-0.25, -0.2) is 0 Å². The first-order valence-electron chi connectivity index (χ1n) is 10.7. The van der Waals surface area contributed by atoms with E-state index in [1.54, 1.807) is 12.1 Å². The highest BCUT2D eigenvalue weighted by Gasteiger charge is 2.24. The number of piperazine rings is 1. The van der Waals surface area contributed by atoms with Crippen LogP contribution in [-0.4, -0.2) is 78.9 Å². The summed E-state index contributed by atoms with van der Waals surface area (Å²) in [6.07, 6.45) is 8.87. The van der Waals surface area contributed by atoms with Gasteiger partial charge in [0, 0.05) is 55.9 Å². The minimum atomic E-state index is -0.00482. The normalized spacial score (nSPS) is 20.0. The van der Waals surface area contributed by atoms with Crippen molar-refractivity contribution < 1.29 is 14.3 Å². The first-order valence-corrected chi connectivity index (χ1v) is 11.1. The zero-order valence-corrected chi connectivity index (χ0v) is 17.9. The fraction of sp³-hybridized carbons (Fsp3) is 0.478. The molecule has 2 fully saturated rings. The van der Waals surface area contributed by atoms with Crippen LogP contribution < -0.4 is 4.74 Å². The van der Waals surface area contributed by atoms with Crippen molar-refractivity contribution >= 4 is 29.5 Å². The van der Waals surface area contributed by atoms with E-state index < -0.39 is 0 Å². The van der Waals surface area contributed by atoms with E-state index in [0.29, 0.717) is 31.3 Å². The number of hydrogen-bond donors (Lipinski definition) is 0. The Kier molecular flexibility index (Phi) is 6.75. The Morgan fingerprint density at radius 2 is 1.77 bits per heavy atom. The number of amides is 2. The van der Waals surface area contributed by atoms with Gasteiger partial charge in [0.25, 0.3) is 0 Å². The van der Waals surface area contributed by atoms with Crippen molar-refractivity contribution in [1.29, 1.82) is 0 Å². The summed E-state index contributed by atoms with van der Waals surface area (Å²) >= 11 is 6.05. The standard InChI is InChI=1S/C23H28ClN3O3/c24-20-5-6-21-19(15-20)14-18(17-30-21)4-7-22(28)27-12-10-25(11-13-27)16-23(29)26-8-2-1-3-9-26/h4-7,14-15H,1-3,8-13,16-17H2/b7-4+. The summed E-state index contributed by atoms with van der Waals surface area (Å²) in [7, 11) is 0. The zero-order chi connectivity index (χ0) is 20.9. The van der Waals surface area contributed by atoms with Gasteiger partial charge in [0.2, 0.25) is 11.8 Å². The molecule has 0 N–H and O–H groups in total. The third-order valence-corrected chi connectivity index (χ3v) is 6.13. The van der Waals surface area contributed by atoms with Gasteiger partial charge in [0.15, 0.2) is 0 Å². The van der Waals surface area contributed by atoms with Crippen molar-refractivity contribution in [1.82, 2.24) is 14.7 Å². The molecule has 1 aromatic rings. The molecule has 0 aliphatic carbocycles. The van der Waals surface area contributed by atoms with Crippen molar-refractivity contribution in [3.63, 3.8) is 0 Å². The molecule has 0 saturated carbocycles. The van der Waals surface area contributed by atoms with Crippen LogP contribution in [0.25, 0.3) is 6.08 Å². The number of likely N-dealkylation sites (tertiary alicyclic amines) is 1. The SMILES string of the molecule is O=C(/C=C/C1=Cc2cc(Cl)ccc2OC1)N1CCN(CC(=O)N2CCCCC2)CC1. The Bertz CT molecular complexity index is 853. The van der Waals surface area contributed by atoms with Gasteiger partial charge >= 0.3 is 0 Å². The number of benzene rings is 1. The van der Waals surface area contributed by atoms with E-state index in [-0.39, 0.29) is 11.8 Å². The third-order valence-electron chi connectivity index (χ3n) is 5.90. The van der Waals surface area contributed by atoms with E-state index in [9.17, 15) is 9.59 Å². The van der Waals surface area contributed by atoms with Crippen molar-refractivity contribution in [3.8, 4) is 5.75 Å². The van der Waals surface area contributed by atoms with Gasteiger partial charge in [-0.3, -0.25) is 14.5 Å². The number of carbonyl (C=O) groups excluding carboxylic acids is 2. The molecule has 0 radical (unpaired) electrons. The van der Waals surface area contributed by atoms with Gasteiger partial charge in [0.1, 0.15) is 12.4 Å². The average Bonchev–Trinajstić information content (AvgIpc) is 2.78. The molecule has 30 heavy (non-hydrogen) atoms. The Labute approximate surface area is 182 Å². The number of ether oxygens (including phenoxy) is 1. The number of rotatable bonds is 4. The largest absolute Gasteiger partial charge is 0.488 e. The molecule has 0 atom stereocenters. The second-order valence-corrected chi connectivity index (χ2v) is 8.50. The van der Waals surface area contributed by atoms with Gasteiger partial charge in [-0.2, -0.15) is 0 Å². The molecule has 0 unspecified atom stereocenters. The maximum Gasteiger partial charge on any atom is 0.246 e. The maximum atomic E-state index is 12.6. The Morgan fingerprint density at radius 1 is 1.00 bits per heavy atom. The van der Waals surface area contributed by atoms with Crippen LogP contribution in [-0.2, 0) is 9.59 Å². The summed E-state index contributed by atoms with van der Waals surface area (Å²) in [5.41, 5.74) is 1.86. The van der Waals surface area contributed by atoms with Gasteiger partial charge in [0.05, 0.1) is 6.54 Å². The fourth-order valence-corrected chi connectivity index (χ4v) is 4.29. The molecule has 7 heteroatoms. The quantitative estimate of drug-likeness (QED) is 0.690. The number of nitrogens with zero attached hydrogens (tertiary/aromatic N) is 3. The minimum Gasteiger partial charge on any atom is -0.488 e. The van der Waals surface area contributed by atoms with Crippen molar-refractivity contribution in [2.24, 2.45) is 0 Å². The first-order chi connectivity index (χ1) is 14.6. The van der Waals surface area contributed by atoms with Gasteiger partial charge in [-0.05, 0) is 49.1 Å². The molecule has 0 spiro atoms. The highest BCUT2D eigenvalue weighted by molar-refractivity contribution is 6.30. The summed E-state index contributed by atoms with van der Waals surface area (Å²) in [4.78, 5) is 31.0. The number of halogens is 1. The Balaban J connectivity index is 1.26. The molecular formula is C23H28ClN3O3. The predicted octanol–water partition coefficient (Wildman–Crippen LogP) is 2.83. The number of piperidine rings is 1. The average molecular weight is 430 g/mol. The Morgan fingerprint density at radius 3 is 2.53 bits per heavy atom. The van der Waals surface area contributed by atoms with Crippen LogP contribution in [0, 0.1) is 0 Å². The van der Waals surface area contributed by atoms with Gasteiger partial charge < -0.3 is 14.5 Å². The summed E-state index contributed by atoms with van der Waals surface area (Å²) in [6.45, 7) is 5.42. The zero-order valence-electron chi connectivity index (χ0n) is 17.2. The van der Waals surface area contributed by atoms with Crippen molar-refractivity contribution in [2.75, 3.05) is 52.4 Å². The van der Waals surface area contributed by atoms with Crippen LogP contribution in [0.2, 0.25) is 5.02 Å². The molecule has 3 aliphatic heterocycles. The number of fused-ring (bicyclic) bond motifs is 1. The smallest absolute Gasteiger partial charge is 0.246 e. The van der Waals surface area contributed by atoms with E-state index in [2.05, 4.69) is 4.90 Å². The molecule has 3 heterocycles. The van der Waals surface area contributed by atoms with Crippen LogP contribution in [0.15, 0.2) is 35.9 Å². The van der Waals surface area contributed by atoms with Crippen LogP contribution in [0.4, 0.5) is 0 Å². The molecule has 1 aromatic carbocycles. The molecule has 6 nitrogen and oxygen atoms in total. The Hall–Kier alpha value is -2.31. The second kappa shape index (κ2) is 9.67. The van der Waals surface area contributed by atoms with Gasteiger partial charge in [-0.15, -0.1) is 0 Å². The molecule has 4 rings (SSSR count). The number of carbonyl (C=O) groups is 2. The second-order valence-electron chi connectivity index (χ2n) is 8.07. The first kappa shape index (κ1) is 20.9. The molecule has 160 valence electrons. The lowest BCUT2D eigenvalue weighted by atomic mass is 10.1. The summed E-state index contributed by atoms with van der Waals surface area (Å²) in [5.74, 6) is 1.02. The molecule has 3 aliphatic rings. The van der Waals surface area contributed by atoms with E-state index in [1.165, 1.54) is 6.42 Å². The molecule has 0 aromatic heterocycles. The highest BCUT2D eigenvalue weighted by Crippen LogP contribution is 2.29.